The van der Waals surface area contributed by atoms with Crippen LogP contribution in [0.5, 0.6) is 0 Å². The molecule has 2 aromatic heterocycles. The number of aromatic nitrogens is 4. The standard InChI is InChI=1S/C20H23ClN6O2/c1-5-26-17(9-10-22-26)20(29)24-16-8-6-7-15(11-16)23-19(28)14(4)27-13(3)18(21)12(2)25-27/h6-11,14H,5H2,1-4H3,(H,23,28)(H,24,29). The molecule has 0 spiro atoms. The molecule has 1 atom stereocenters. The first kappa shape index (κ1) is 20.6. The van der Waals surface area contributed by atoms with Gasteiger partial charge in [-0.2, -0.15) is 10.2 Å². The number of aryl methyl sites for hydroxylation is 2. The van der Waals surface area contributed by atoms with Crippen molar-refractivity contribution in [3.8, 4) is 0 Å². The molecule has 0 saturated carbocycles. The summed E-state index contributed by atoms with van der Waals surface area (Å²) in [6, 6.07) is 8.08. The molecular weight excluding hydrogens is 392 g/mol. The molecule has 152 valence electrons. The van der Waals surface area contributed by atoms with Gasteiger partial charge in [0.2, 0.25) is 5.91 Å². The van der Waals surface area contributed by atoms with Crippen molar-refractivity contribution in [1.82, 2.24) is 19.6 Å². The number of nitrogens with one attached hydrogen (secondary N) is 2. The summed E-state index contributed by atoms with van der Waals surface area (Å²) >= 11 is 6.18. The molecule has 0 radical (unpaired) electrons. The van der Waals surface area contributed by atoms with Crippen LogP contribution in [0.15, 0.2) is 36.5 Å². The van der Waals surface area contributed by atoms with Gasteiger partial charge in [-0.3, -0.25) is 19.0 Å². The molecule has 8 nitrogen and oxygen atoms in total. The largest absolute Gasteiger partial charge is 0.324 e. The molecule has 0 aliphatic heterocycles. The second-order valence-corrected chi connectivity index (χ2v) is 7.04. The third kappa shape index (κ3) is 4.32. The van der Waals surface area contributed by atoms with E-state index in [1.807, 2.05) is 13.8 Å². The molecule has 3 aromatic rings. The second-order valence-electron chi connectivity index (χ2n) is 6.66. The minimum atomic E-state index is -0.543. The molecule has 0 aliphatic carbocycles. The van der Waals surface area contributed by atoms with Crippen LogP contribution >= 0.6 is 11.6 Å². The van der Waals surface area contributed by atoms with Gasteiger partial charge in [0.1, 0.15) is 11.7 Å². The molecule has 2 N–H and O–H groups in total. The van der Waals surface area contributed by atoms with Crippen LogP contribution in [0.25, 0.3) is 0 Å². The molecule has 0 bridgehead atoms. The number of carbonyl (C=O) groups is 2. The van der Waals surface area contributed by atoms with Crippen LogP contribution in [0, 0.1) is 13.8 Å². The number of carbonyl (C=O) groups excluding carboxylic acids is 2. The maximum absolute atomic E-state index is 12.7. The van der Waals surface area contributed by atoms with Crippen molar-refractivity contribution < 1.29 is 9.59 Å². The van der Waals surface area contributed by atoms with E-state index in [1.54, 1.807) is 59.7 Å². The van der Waals surface area contributed by atoms with Gasteiger partial charge in [-0.1, -0.05) is 17.7 Å². The van der Waals surface area contributed by atoms with Gasteiger partial charge < -0.3 is 10.6 Å². The van der Waals surface area contributed by atoms with Gasteiger partial charge >= 0.3 is 0 Å². The van der Waals surface area contributed by atoms with E-state index in [2.05, 4.69) is 20.8 Å². The number of benzene rings is 1. The highest BCUT2D eigenvalue weighted by atomic mass is 35.5. The fraction of sp³-hybridized carbons (Fsp3) is 0.300. The zero-order valence-corrected chi connectivity index (χ0v) is 17.5. The van der Waals surface area contributed by atoms with E-state index < -0.39 is 6.04 Å². The van der Waals surface area contributed by atoms with Gasteiger partial charge in [0, 0.05) is 24.1 Å². The van der Waals surface area contributed by atoms with Gasteiger partial charge in [-0.15, -0.1) is 0 Å². The Balaban J connectivity index is 1.71. The Kier molecular flexibility index (Phi) is 6.03. The molecule has 0 fully saturated rings. The van der Waals surface area contributed by atoms with Gasteiger partial charge in [-0.05, 0) is 52.0 Å². The lowest BCUT2D eigenvalue weighted by Gasteiger charge is -2.15. The summed E-state index contributed by atoms with van der Waals surface area (Å²) in [4.78, 5) is 25.1. The zero-order valence-electron chi connectivity index (χ0n) is 16.7. The second kappa shape index (κ2) is 8.48. The Labute approximate surface area is 173 Å². The van der Waals surface area contributed by atoms with Gasteiger partial charge in [0.05, 0.1) is 16.4 Å². The molecule has 2 heterocycles. The van der Waals surface area contributed by atoms with Crippen molar-refractivity contribution in [2.45, 2.75) is 40.3 Å². The quantitative estimate of drug-likeness (QED) is 0.641. The van der Waals surface area contributed by atoms with Crippen LogP contribution in [0.2, 0.25) is 5.02 Å². The summed E-state index contributed by atoms with van der Waals surface area (Å²) in [7, 11) is 0. The fourth-order valence-electron chi connectivity index (χ4n) is 3.03. The average molecular weight is 415 g/mol. The maximum atomic E-state index is 12.7. The van der Waals surface area contributed by atoms with Crippen LogP contribution in [0.4, 0.5) is 11.4 Å². The summed E-state index contributed by atoms with van der Waals surface area (Å²) in [6.45, 7) is 7.89. The fourth-order valence-corrected chi connectivity index (χ4v) is 3.15. The Hall–Kier alpha value is -3.13. The highest BCUT2D eigenvalue weighted by Gasteiger charge is 2.21. The summed E-state index contributed by atoms with van der Waals surface area (Å²) in [5.41, 5.74) is 3.02. The molecule has 0 saturated heterocycles. The van der Waals surface area contributed by atoms with Crippen LogP contribution in [0.3, 0.4) is 0 Å². The minimum absolute atomic E-state index is 0.236. The Bertz CT molecular complexity index is 1060. The minimum Gasteiger partial charge on any atom is -0.324 e. The topological polar surface area (TPSA) is 93.8 Å². The maximum Gasteiger partial charge on any atom is 0.273 e. The summed E-state index contributed by atoms with van der Waals surface area (Å²) in [6.07, 6.45) is 1.59. The molecular formula is C20H23ClN6O2. The number of rotatable bonds is 6. The highest BCUT2D eigenvalue weighted by molar-refractivity contribution is 6.31. The van der Waals surface area contributed by atoms with Crippen molar-refractivity contribution in [3.05, 3.63) is 58.6 Å². The van der Waals surface area contributed by atoms with E-state index >= 15 is 0 Å². The van der Waals surface area contributed by atoms with Crippen LogP contribution in [-0.2, 0) is 11.3 Å². The number of anilines is 2. The first-order valence-corrected chi connectivity index (χ1v) is 9.65. The molecule has 29 heavy (non-hydrogen) atoms. The van der Waals surface area contributed by atoms with Crippen molar-refractivity contribution in [3.63, 3.8) is 0 Å². The molecule has 3 rings (SSSR count). The molecule has 0 aliphatic rings. The normalized spacial score (nSPS) is 11.9. The van der Waals surface area contributed by atoms with Crippen LogP contribution in [-0.4, -0.2) is 31.4 Å². The Morgan fingerprint density at radius 3 is 2.48 bits per heavy atom. The van der Waals surface area contributed by atoms with E-state index in [9.17, 15) is 9.59 Å². The van der Waals surface area contributed by atoms with Crippen molar-refractivity contribution in [1.29, 1.82) is 0 Å². The van der Waals surface area contributed by atoms with Crippen LogP contribution < -0.4 is 10.6 Å². The van der Waals surface area contributed by atoms with E-state index in [0.29, 0.717) is 34.3 Å². The SMILES string of the molecule is CCn1nccc1C(=O)Nc1cccc(NC(=O)C(C)n2nc(C)c(Cl)c2C)c1. The first-order valence-electron chi connectivity index (χ1n) is 9.27. The zero-order chi connectivity index (χ0) is 21.1. The summed E-state index contributed by atoms with van der Waals surface area (Å²) in [5, 5.41) is 14.7. The Morgan fingerprint density at radius 1 is 1.17 bits per heavy atom. The predicted molar refractivity (Wildman–Crippen MR) is 112 cm³/mol. The van der Waals surface area contributed by atoms with E-state index in [4.69, 9.17) is 11.6 Å². The molecule has 2 amide bonds. The van der Waals surface area contributed by atoms with Crippen molar-refractivity contribution >= 4 is 34.8 Å². The summed E-state index contributed by atoms with van der Waals surface area (Å²) in [5.74, 6) is -0.502. The molecule has 1 unspecified atom stereocenters. The average Bonchev–Trinajstić information content (AvgIpc) is 3.28. The Morgan fingerprint density at radius 2 is 1.86 bits per heavy atom. The van der Waals surface area contributed by atoms with Gasteiger partial charge in [0.25, 0.3) is 5.91 Å². The number of amides is 2. The number of nitrogens with zero attached hydrogens (tertiary/aromatic N) is 4. The van der Waals surface area contributed by atoms with Crippen molar-refractivity contribution in [2.24, 2.45) is 0 Å². The number of hydrogen-bond donors (Lipinski definition) is 2. The predicted octanol–water partition coefficient (Wildman–Crippen LogP) is 3.82. The van der Waals surface area contributed by atoms with E-state index in [-0.39, 0.29) is 11.8 Å². The lowest BCUT2D eigenvalue weighted by molar-refractivity contribution is -0.119. The number of halogens is 1. The summed E-state index contributed by atoms with van der Waals surface area (Å²) < 4.78 is 3.21. The lowest BCUT2D eigenvalue weighted by atomic mass is 10.2. The highest BCUT2D eigenvalue weighted by Crippen LogP contribution is 2.23. The lowest BCUT2D eigenvalue weighted by Crippen LogP contribution is -2.25. The monoisotopic (exact) mass is 414 g/mol. The smallest absolute Gasteiger partial charge is 0.273 e. The van der Waals surface area contributed by atoms with Crippen molar-refractivity contribution in [2.75, 3.05) is 10.6 Å². The molecule has 9 heteroatoms. The van der Waals surface area contributed by atoms with Crippen LogP contribution in [0.1, 0.15) is 41.8 Å². The third-order valence-corrected chi connectivity index (χ3v) is 5.17. The van der Waals surface area contributed by atoms with E-state index in [1.165, 1.54) is 0 Å². The van der Waals surface area contributed by atoms with E-state index in [0.717, 1.165) is 5.69 Å². The third-order valence-electron chi connectivity index (χ3n) is 4.62. The van der Waals surface area contributed by atoms with Gasteiger partial charge in [-0.25, -0.2) is 0 Å². The molecule has 1 aromatic carbocycles. The number of hydrogen-bond acceptors (Lipinski definition) is 4. The first-order chi connectivity index (χ1) is 13.8. The van der Waals surface area contributed by atoms with Gasteiger partial charge in [0.15, 0.2) is 0 Å².